The zero-order valence-electron chi connectivity index (χ0n) is 18.2. The zero-order valence-corrected chi connectivity index (χ0v) is 18.2. The number of carbonyl (C=O) groups excluding carboxylic acids is 3. The van der Waals surface area contributed by atoms with Crippen LogP contribution in [0.25, 0.3) is 0 Å². The lowest BCUT2D eigenvalue weighted by molar-refractivity contribution is -0.132. The Labute approximate surface area is 182 Å². The van der Waals surface area contributed by atoms with Crippen molar-refractivity contribution in [3.63, 3.8) is 0 Å². The molecule has 0 fully saturated rings. The first-order valence-corrected chi connectivity index (χ1v) is 10.4. The molecular formula is C22H32N6O3. The van der Waals surface area contributed by atoms with Gasteiger partial charge >= 0.3 is 0 Å². The van der Waals surface area contributed by atoms with Gasteiger partial charge in [0.15, 0.2) is 0 Å². The molecule has 3 amide bonds. The van der Waals surface area contributed by atoms with Crippen LogP contribution in [0.3, 0.4) is 0 Å². The summed E-state index contributed by atoms with van der Waals surface area (Å²) in [7, 11) is 1.83. The number of hydrogen-bond donors (Lipinski definition) is 4. The zero-order chi connectivity index (χ0) is 23.0. The van der Waals surface area contributed by atoms with Gasteiger partial charge in [-0.1, -0.05) is 50.6 Å². The summed E-state index contributed by atoms with van der Waals surface area (Å²) in [5, 5.41) is 5.43. The summed E-state index contributed by atoms with van der Waals surface area (Å²) in [4.78, 5) is 41.7. The molecule has 0 radical (unpaired) electrons. The van der Waals surface area contributed by atoms with Crippen molar-refractivity contribution in [2.75, 3.05) is 0 Å². The molecule has 2 aromatic rings. The van der Waals surface area contributed by atoms with Crippen molar-refractivity contribution in [2.24, 2.45) is 24.4 Å². The Balaban J connectivity index is 2.06. The lowest BCUT2D eigenvalue weighted by atomic mass is 9.96. The lowest BCUT2D eigenvalue weighted by Crippen LogP contribution is -2.57. The largest absolute Gasteiger partial charge is 0.368 e. The summed E-state index contributed by atoms with van der Waals surface area (Å²) >= 11 is 0. The topological polar surface area (TPSA) is 145 Å². The minimum Gasteiger partial charge on any atom is -0.368 e. The Bertz CT molecular complexity index is 882. The monoisotopic (exact) mass is 428 g/mol. The van der Waals surface area contributed by atoms with E-state index in [0.717, 1.165) is 5.56 Å². The number of aryl methyl sites for hydroxylation is 1. The summed E-state index contributed by atoms with van der Waals surface area (Å²) in [5.41, 5.74) is 13.1. The maximum Gasteiger partial charge on any atom is 0.243 e. The third kappa shape index (κ3) is 7.21. The number of aromatic nitrogens is 2. The quantitative estimate of drug-likeness (QED) is 0.399. The molecule has 1 aromatic heterocycles. The van der Waals surface area contributed by atoms with Crippen molar-refractivity contribution in [3.05, 3.63) is 54.1 Å². The molecular weight excluding hydrogens is 396 g/mol. The van der Waals surface area contributed by atoms with Crippen molar-refractivity contribution in [1.82, 2.24) is 20.2 Å². The van der Waals surface area contributed by atoms with Crippen molar-refractivity contribution >= 4 is 17.7 Å². The first kappa shape index (κ1) is 24.1. The fraction of sp³-hybridized carbons (Fsp3) is 0.455. The van der Waals surface area contributed by atoms with E-state index in [2.05, 4.69) is 15.6 Å². The van der Waals surface area contributed by atoms with E-state index in [9.17, 15) is 14.4 Å². The standard InChI is InChI=1S/C22H32N6O3/c1-4-14(2)19(27-21(30)17(23)11-16-12-28(3)13-25-16)22(31)26-18(20(24)29)10-15-8-6-5-7-9-15/h5-9,12-14,17-19H,4,10-11,23H2,1-3H3,(H2,24,29)(H,26,31)(H,27,30). The SMILES string of the molecule is CCC(C)C(NC(=O)C(N)Cc1cn(C)cn1)C(=O)NC(Cc1ccccc1)C(N)=O. The van der Waals surface area contributed by atoms with Crippen LogP contribution in [0.4, 0.5) is 0 Å². The van der Waals surface area contributed by atoms with Gasteiger partial charge in [0.1, 0.15) is 12.1 Å². The predicted octanol–water partition coefficient (Wildman–Crippen LogP) is 0.0336. The Kier molecular flexibility index (Phi) is 8.75. The van der Waals surface area contributed by atoms with Crippen molar-refractivity contribution in [1.29, 1.82) is 0 Å². The Morgan fingerprint density at radius 2 is 1.77 bits per heavy atom. The molecule has 0 spiro atoms. The van der Waals surface area contributed by atoms with Crippen LogP contribution in [0.5, 0.6) is 0 Å². The molecule has 0 aliphatic carbocycles. The van der Waals surface area contributed by atoms with E-state index in [1.165, 1.54) is 0 Å². The van der Waals surface area contributed by atoms with Crippen molar-refractivity contribution in [2.45, 2.75) is 51.2 Å². The van der Waals surface area contributed by atoms with E-state index in [-0.39, 0.29) is 18.8 Å². The Hall–Kier alpha value is -3.20. The normalized spacial score (nSPS) is 14.8. The number of primary amides is 1. The van der Waals surface area contributed by atoms with Gasteiger partial charge in [-0.3, -0.25) is 14.4 Å². The van der Waals surface area contributed by atoms with Gasteiger partial charge in [-0.15, -0.1) is 0 Å². The number of carbonyl (C=O) groups is 3. The lowest BCUT2D eigenvalue weighted by Gasteiger charge is -2.27. The molecule has 4 unspecified atom stereocenters. The predicted molar refractivity (Wildman–Crippen MR) is 118 cm³/mol. The van der Waals surface area contributed by atoms with E-state index in [1.54, 1.807) is 17.1 Å². The summed E-state index contributed by atoms with van der Waals surface area (Å²) in [6, 6.07) is 6.68. The van der Waals surface area contributed by atoms with Gasteiger partial charge < -0.3 is 26.7 Å². The number of imidazole rings is 1. The summed E-state index contributed by atoms with van der Waals surface area (Å²) in [6.45, 7) is 3.77. The van der Waals surface area contributed by atoms with E-state index >= 15 is 0 Å². The van der Waals surface area contributed by atoms with Crippen LogP contribution in [0.1, 0.15) is 31.5 Å². The molecule has 2 rings (SSSR count). The molecule has 0 saturated carbocycles. The molecule has 0 saturated heterocycles. The molecule has 1 aromatic carbocycles. The van der Waals surface area contributed by atoms with Gasteiger partial charge in [0, 0.05) is 26.1 Å². The fourth-order valence-corrected chi connectivity index (χ4v) is 3.19. The molecule has 4 atom stereocenters. The number of amides is 3. The van der Waals surface area contributed by atoms with Crippen molar-refractivity contribution in [3.8, 4) is 0 Å². The highest BCUT2D eigenvalue weighted by atomic mass is 16.2. The number of nitrogens with zero attached hydrogens (tertiary/aromatic N) is 2. The maximum absolute atomic E-state index is 13.0. The number of nitrogens with one attached hydrogen (secondary N) is 2. The molecule has 0 aliphatic rings. The molecule has 9 heteroatoms. The maximum atomic E-state index is 13.0. The third-order valence-electron chi connectivity index (χ3n) is 5.26. The average molecular weight is 429 g/mol. The molecule has 0 bridgehead atoms. The van der Waals surface area contributed by atoms with Gasteiger partial charge in [0.2, 0.25) is 17.7 Å². The summed E-state index contributed by atoms with van der Waals surface area (Å²) < 4.78 is 1.77. The molecule has 1 heterocycles. The Morgan fingerprint density at radius 1 is 1.10 bits per heavy atom. The van der Waals surface area contributed by atoms with Crippen LogP contribution < -0.4 is 22.1 Å². The molecule has 0 aliphatic heterocycles. The summed E-state index contributed by atoms with van der Waals surface area (Å²) in [5.74, 6) is -1.73. The number of benzene rings is 1. The van der Waals surface area contributed by atoms with Gasteiger partial charge in [0.25, 0.3) is 0 Å². The highest BCUT2D eigenvalue weighted by Crippen LogP contribution is 2.10. The third-order valence-corrected chi connectivity index (χ3v) is 5.26. The van der Waals surface area contributed by atoms with Gasteiger partial charge in [0.05, 0.1) is 18.1 Å². The van der Waals surface area contributed by atoms with E-state index < -0.39 is 35.8 Å². The van der Waals surface area contributed by atoms with Crippen LogP contribution in [0, 0.1) is 5.92 Å². The van der Waals surface area contributed by atoms with Crippen LogP contribution in [-0.4, -0.2) is 45.4 Å². The van der Waals surface area contributed by atoms with E-state index in [1.807, 2.05) is 51.2 Å². The number of rotatable bonds is 11. The molecule has 168 valence electrons. The first-order valence-electron chi connectivity index (χ1n) is 10.4. The van der Waals surface area contributed by atoms with Gasteiger partial charge in [-0.25, -0.2) is 4.98 Å². The van der Waals surface area contributed by atoms with E-state index in [4.69, 9.17) is 11.5 Å². The van der Waals surface area contributed by atoms with Crippen LogP contribution in [-0.2, 0) is 34.3 Å². The minimum atomic E-state index is -0.888. The van der Waals surface area contributed by atoms with Crippen LogP contribution in [0.15, 0.2) is 42.9 Å². The highest BCUT2D eigenvalue weighted by Gasteiger charge is 2.30. The number of nitrogens with two attached hydrogens (primary N) is 2. The smallest absolute Gasteiger partial charge is 0.243 e. The molecule has 6 N–H and O–H groups in total. The first-order chi connectivity index (χ1) is 14.7. The Morgan fingerprint density at radius 3 is 2.32 bits per heavy atom. The molecule has 9 nitrogen and oxygen atoms in total. The van der Waals surface area contributed by atoms with Crippen LogP contribution in [0.2, 0.25) is 0 Å². The fourth-order valence-electron chi connectivity index (χ4n) is 3.19. The summed E-state index contributed by atoms with van der Waals surface area (Å²) in [6.07, 6.45) is 4.58. The second-order valence-electron chi connectivity index (χ2n) is 7.87. The van der Waals surface area contributed by atoms with Gasteiger partial charge in [-0.2, -0.15) is 0 Å². The molecule has 31 heavy (non-hydrogen) atoms. The van der Waals surface area contributed by atoms with E-state index in [0.29, 0.717) is 12.1 Å². The second kappa shape index (κ2) is 11.3. The van der Waals surface area contributed by atoms with Crippen molar-refractivity contribution < 1.29 is 14.4 Å². The highest BCUT2D eigenvalue weighted by molar-refractivity contribution is 5.93. The second-order valence-corrected chi connectivity index (χ2v) is 7.87. The minimum absolute atomic E-state index is 0.170. The number of hydrogen-bond acceptors (Lipinski definition) is 5. The van der Waals surface area contributed by atoms with Crippen LogP contribution >= 0.6 is 0 Å². The van der Waals surface area contributed by atoms with Gasteiger partial charge in [-0.05, 0) is 11.5 Å². The average Bonchev–Trinajstić information content (AvgIpc) is 3.15.